The van der Waals surface area contributed by atoms with Gasteiger partial charge in [-0.25, -0.2) is 18.7 Å². The number of esters is 1. The fourth-order valence-corrected chi connectivity index (χ4v) is 2.36. The molecule has 1 amide bonds. The fraction of sp³-hybridized carbons (Fsp3) is 0.263. The second-order valence-electron chi connectivity index (χ2n) is 5.71. The van der Waals surface area contributed by atoms with E-state index in [1.165, 1.54) is 12.1 Å². The van der Waals surface area contributed by atoms with Gasteiger partial charge in [0.15, 0.2) is 11.6 Å². The molecule has 10 heteroatoms. The van der Waals surface area contributed by atoms with Crippen LogP contribution in [-0.2, 0) is 20.8 Å². The van der Waals surface area contributed by atoms with Gasteiger partial charge in [-0.05, 0) is 36.8 Å². The molecule has 156 valence electrons. The number of halogens is 3. The van der Waals surface area contributed by atoms with Crippen LogP contribution in [0, 0.1) is 17.5 Å². The third-order valence-electron chi connectivity index (χ3n) is 3.64. The highest BCUT2D eigenvalue weighted by Gasteiger charge is 2.20. The van der Waals surface area contributed by atoms with Gasteiger partial charge in [0.2, 0.25) is 0 Å². The molecule has 0 aliphatic heterocycles. The highest BCUT2D eigenvalue weighted by atomic mass is 19.2. The minimum absolute atomic E-state index is 0.158. The number of ether oxygens (including phenoxy) is 1. The van der Waals surface area contributed by atoms with E-state index in [2.05, 4.69) is 10.2 Å². The molecule has 0 saturated carbocycles. The van der Waals surface area contributed by atoms with E-state index >= 15 is 0 Å². The van der Waals surface area contributed by atoms with Gasteiger partial charge >= 0.3 is 5.97 Å². The monoisotopic (exact) mass is 412 g/mol. The summed E-state index contributed by atoms with van der Waals surface area (Å²) in [4.78, 5) is 28.3. The number of carbonyl (C=O) groups excluding carboxylic acids is 2. The predicted molar refractivity (Wildman–Crippen MR) is 96.9 cm³/mol. The lowest BCUT2D eigenvalue weighted by Crippen LogP contribution is -2.26. The quantitative estimate of drug-likeness (QED) is 0.333. The van der Waals surface area contributed by atoms with E-state index < -0.39 is 35.0 Å². The number of aliphatic hydroxyl groups is 1. The van der Waals surface area contributed by atoms with Crippen LogP contribution in [0.2, 0.25) is 0 Å². The molecule has 0 fully saturated rings. The first-order chi connectivity index (χ1) is 13.9. The molecule has 0 spiro atoms. The van der Waals surface area contributed by atoms with Crippen molar-refractivity contribution in [2.45, 2.75) is 13.3 Å². The van der Waals surface area contributed by atoms with Crippen molar-refractivity contribution >= 4 is 23.3 Å². The molecule has 0 heterocycles. The summed E-state index contributed by atoms with van der Waals surface area (Å²) in [6, 6.07) is 5.40. The number of aliphatic hydroxyl groups excluding tert-OH is 1. The third kappa shape index (κ3) is 5.93. The van der Waals surface area contributed by atoms with Crippen LogP contribution in [0.25, 0.3) is 0 Å². The number of hydrogen-bond donors (Lipinski definition) is 3. The zero-order chi connectivity index (χ0) is 21.4. The number of rotatable bonds is 9. The SMILES string of the molecule is CCOC(=O)Cc1ccc(Nc2c(C(=O)NOCCO)ccc(F)c2F)c(F)c1. The molecule has 0 aromatic heterocycles. The summed E-state index contributed by atoms with van der Waals surface area (Å²) in [6.07, 6.45) is -0.158. The molecular formula is C19H19F3N2O5. The second kappa shape index (κ2) is 10.4. The number of hydrogen-bond acceptors (Lipinski definition) is 6. The first-order valence-electron chi connectivity index (χ1n) is 8.59. The van der Waals surface area contributed by atoms with Gasteiger partial charge in [-0.3, -0.25) is 14.4 Å². The van der Waals surface area contributed by atoms with E-state index in [0.717, 1.165) is 18.2 Å². The van der Waals surface area contributed by atoms with Gasteiger partial charge in [0.05, 0.1) is 43.2 Å². The lowest BCUT2D eigenvalue weighted by Gasteiger charge is -2.14. The van der Waals surface area contributed by atoms with Crippen LogP contribution in [0.1, 0.15) is 22.8 Å². The first kappa shape index (κ1) is 22.2. The topological polar surface area (TPSA) is 96.9 Å². The average molecular weight is 412 g/mol. The highest BCUT2D eigenvalue weighted by molar-refractivity contribution is 6.00. The lowest BCUT2D eigenvalue weighted by atomic mass is 10.1. The van der Waals surface area contributed by atoms with Gasteiger partial charge in [-0.2, -0.15) is 0 Å². The summed E-state index contributed by atoms with van der Waals surface area (Å²) >= 11 is 0. The van der Waals surface area contributed by atoms with Crippen molar-refractivity contribution in [3.8, 4) is 0 Å². The molecule has 0 bridgehead atoms. The standard InChI is InChI=1S/C19H19F3N2O5/c1-2-28-16(26)10-11-3-6-15(14(21)9-11)23-18-12(4-5-13(20)17(18)22)19(27)24-29-8-7-25/h3-6,9,23,25H,2,7-8,10H2,1H3,(H,24,27). The zero-order valence-electron chi connectivity index (χ0n) is 15.4. The van der Waals surface area contributed by atoms with Crippen molar-refractivity contribution in [1.29, 1.82) is 0 Å². The summed E-state index contributed by atoms with van der Waals surface area (Å²) < 4.78 is 47.1. The van der Waals surface area contributed by atoms with E-state index in [4.69, 9.17) is 9.84 Å². The molecule has 0 saturated heterocycles. The van der Waals surface area contributed by atoms with Crippen LogP contribution in [0.4, 0.5) is 24.5 Å². The largest absolute Gasteiger partial charge is 0.466 e. The van der Waals surface area contributed by atoms with Crippen molar-refractivity contribution in [2.75, 3.05) is 25.1 Å². The minimum atomic E-state index is -1.39. The van der Waals surface area contributed by atoms with Gasteiger partial charge in [-0.15, -0.1) is 0 Å². The minimum Gasteiger partial charge on any atom is -0.466 e. The summed E-state index contributed by atoms with van der Waals surface area (Å²) in [7, 11) is 0. The predicted octanol–water partition coefficient (Wildman–Crippen LogP) is 2.61. The number of nitrogens with one attached hydrogen (secondary N) is 2. The van der Waals surface area contributed by atoms with Crippen molar-refractivity contribution in [3.63, 3.8) is 0 Å². The van der Waals surface area contributed by atoms with Crippen LogP contribution < -0.4 is 10.8 Å². The van der Waals surface area contributed by atoms with Gasteiger partial charge in [0, 0.05) is 0 Å². The van der Waals surface area contributed by atoms with Gasteiger partial charge < -0.3 is 15.2 Å². The lowest BCUT2D eigenvalue weighted by molar-refractivity contribution is -0.142. The Labute approximate surface area is 164 Å². The maximum atomic E-state index is 14.4. The van der Waals surface area contributed by atoms with Gasteiger partial charge in [-0.1, -0.05) is 6.07 Å². The van der Waals surface area contributed by atoms with Crippen LogP contribution >= 0.6 is 0 Å². The average Bonchev–Trinajstić information content (AvgIpc) is 2.67. The first-order valence-corrected chi connectivity index (χ1v) is 8.59. The Hall–Kier alpha value is -3.11. The van der Waals surface area contributed by atoms with Crippen LogP contribution in [0.3, 0.4) is 0 Å². The molecule has 2 aromatic carbocycles. The van der Waals surface area contributed by atoms with Crippen LogP contribution in [0.5, 0.6) is 0 Å². The number of benzene rings is 2. The maximum absolute atomic E-state index is 14.4. The number of carbonyl (C=O) groups is 2. The third-order valence-corrected chi connectivity index (χ3v) is 3.64. The van der Waals surface area contributed by atoms with E-state index in [-0.39, 0.29) is 37.5 Å². The van der Waals surface area contributed by atoms with Crippen LogP contribution in [-0.4, -0.2) is 36.8 Å². The van der Waals surface area contributed by atoms with Crippen molar-refractivity contribution in [1.82, 2.24) is 5.48 Å². The Balaban J connectivity index is 2.27. The molecule has 0 aliphatic rings. The van der Waals surface area contributed by atoms with Crippen molar-refractivity contribution in [3.05, 3.63) is 58.9 Å². The number of amides is 1. The van der Waals surface area contributed by atoms with E-state index in [1.807, 2.05) is 5.48 Å². The van der Waals surface area contributed by atoms with Crippen LogP contribution in [0.15, 0.2) is 30.3 Å². The Bertz CT molecular complexity index is 892. The van der Waals surface area contributed by atoms with Gasteiger partial charge in [0.25, 0.3) is 5.91 Å². The molecule has 7 nitrogen and oxygen atoms in total. The van der Waals surface area contributed by atoms with Crippen molar-refractivity contribution < 1.29 is 37.4 Å². The molecule has 2 rings (SSSR count). The number of anilines is 2. The molecule has 2 aromatic rings. The molecule has 0 atom stereocenters. The molecule has 0 radical (unpaired) electrons. The Kier molecular flexibility index (Phi) is 7.98. The Morgan fingerprint density at radius 1 is 1.10 bits per heavy atom. The molecule has 0 aliphatic carbocycles. The molecular weight excluding hydrogens is 393 g/mol. The normalized spacial score (nSPS) is 10.5. The second-order valence-corrected chi connectivity index (χ2v) is 5.71. The summed E-state index contributed by atoms with van der Waals surface area (Å²) in [5.41, 5.74) is 1.08. The Morgan fingerprint density at radius 3 is 2.52 bits per heavy atom. The number of hydroxylamine groups is 1. The summed E-state index contributed by atoms with van der Waals surface area (Å²) in [6.45, 7) is 1.25. The van der Waals surface area contributed by atoms with E-state index in [9.17, 15) is 22.8 Å². The van der Waals surface area contributed by atoms with Gasteiger partial charge in [0.1, 0.15) is 5.82 Å². The summed E-state index contributed by atoms with van der Waals surface area (Å²) in [5.74, 6) is -4.96. The molecule has 0 unspecified atom stereocenters. The Morgan fingerprint density at radius 2 is 1.86 bits per heavy atom. The highest BCUT2D eigenvalue weighted by Crippen LogP contribution is 2.28. The molecule has 29 heavy (non-hydrogen) atoms. The zero-order valence-corrected chi connectivity index (χ0v) is 15.4. The molecule has 3 N–H and O–H groups in total. The van der Waals surface area contributed by atoms with E-state index in [0.29, 0.717) is 5.56 Å². The maximum Gasteiger partial charge on any atom is 0.310 e. The smallest absolute Gasteiger partial charge is 0.310 e. The fourth-order valence-electron chi connectivity index (χ4n) is 2.36. The summed E-state index contributed by atoms with van der Waals surface area (Å²) in [5, 5.41) is 11.0. The van der Waals surface area contributed by atoms with Crippen molar-refractivity contribution in [2.24, 2.45) is 0 Å². The van der Waals surface area contributed by atoms with E-state index in [1.54, 1.807) is 6.92 Å².